The number of rotatable bonds is 5. The maximum absolute atomic E-state index is 3.73. The van der Waals surface area contributed by atoms with Crippen LogP contribution in [0.5, 0.6) is 0 Å². The smallest absolute Gasteiger partial charge is 0.0671 e. The molecule has 1 aromatic carbocycles. The molecule has 3 rings (SSSR count). The summed E-state index contributed by atoms with van der Waals surface area (Å²) in [5.74, 6) is 0. The Morgan fingerprint density at radius 1 is 1.10 bits per heavy atom. The maximum atomic E-state index is 3.73. The second-order valence-corrected chi connectivity index (χ2v) is 7.39. The molecule has 2 aromatic rings. The van der Waals surface area contributed by atoms with Crippen LogP contribution in [0, 0.1) is 6.92 Å². The fourth-order valence-electron chi connectivity index (χ4n) is 3.21. The third-order valence-corrected chi connectivity index (χ3v) is 5.42. The highest BCUT2D eigenvalue weighted by molar-refractivity contribution is 7.12. The minimum Gasteiger partial charge on any atom is -0.306 e. The lowest BCUT2D eigenvalue weighted by molar-refractivity contribution is 0.603. The number of nitrogens with one attached hydrogen (secondary N) is 1. The summed E-state index contributed by atoms with van der Waals surface area (Å²) in [6.45, 7) is 5.49. The highest BCUT2D eigenvalue weighted by Crippen LogP contribution is 2.31. The van der Waals surface area contributed by atoms with E-state index in [9.17, 15) is 0 Å². The van der Waals surface area contributed by atoms with Crippen LogP contribution in [0.4, 0.5) is 0 Å². The third-order valence-electron chi connectivity index (χ3n) is 4.35. The molecule has 0 spiro atoms. The number of hydrogen-bond donors (Lipinski definition) is 1. The van der Waals surface area contributed by atoms with Gasteiger partial charge in [0, 0.05) is 9.75 Å². The Morgan fingerprint density at radius 3 is 2.62 bits per heavy atom. The van der Waals surface area contributed by atoms with Gasteiger partial charge in [0.2, 0.25) is 0 Å². The Hall–Kier alpha value is -1.12. The van der Waals surface area contributed by atoms with E-state index in [1.165, 1.54) is 47.4 Å². The topological polar surface area (TPSA) is 12.0 Å². The minimum absolute atomic E-state index is 0.357. The third kappa shape index (κ3) is 3.38. The molecule has 21 heavy (non-hydrogen) atoms. The molecule has 0 amide bonds. The van der Waals surface area contributed by atoms with Gasteiger partial charge in [-0.25, -0.2) is 0 Å². The number of aryl methyl sites for hydroxylation is 3. The summed E-state index contributed by atoms with van der Waals surface area (Å²) in [7, 11) is 0. The van der Waals surface area contributed by atoms with Crippen LogP contribution < -0.4 is 5.32 Å². The van der Waals surface area contributed by atoms with Crippen LogP contribution >= 0.6 is 11.3 Å². The van der Waals surface area contributed by atoms with Crippen LogP contribution in [0.2, 0.25) is 0 Å². The van der Waals surface area contributed by atoms with Crippen LogP contribution in [0.25, 0.3) is 0 Å². The second kappa shape index (κ2) is 6.76. The molecule has 112 valence electrons. The van der Waals surface area contributed by atoms with Gasteiger partial charge in [0.15, 0.2) is 0 Å². The molecule has 1 heterocycles. The van der Waals surface area contributed by atoms with Gasteiger partial charge in [0.1, 0.15) is 0 Å². The van der Waals surface area contributed by atoms with E-state index >= 15 is 0 Å². The predicted octanol–water partition coefficient (Wildman–Crippen LogP) is 5.02. The lowest BCUT2D eigenvalue weighted by Gasteiger charge is -2.22. The quantitative estimate of drug-likeness (QED) is 0.817. The molecule has 0 fully saturated rings. The first-order chi connectivity index (χ1) is 10.3. The molecule has 2 heteroatoms. The Bertz CT molecular complexity index is 599. The predicted molar refractivity (Wildman–Crippen MR) is 92.3 cm³/mol. The standard InChI is InChI=1S/C19H25NS/c1-3-12-20-19(18-11-8-14(2)21-18)17-10-9-15-6-4-5-7-16(15)13-17/h8-11,13,19-20H,3-7,12H2,1-2H3. The van der Waals surface area contributed by atoms with E-state index in [-0.39, 0.29) is 0 Å². The number of thiophene rings is 1. The van der Waals surface area contributed by atoms with Crippen LogP contribution in [-0.4, -0.2) is 6.54 Å². The average molecular weight is 299 g/mol. The van der Waals surface area contributed by atoms with Gasteiger partial charge in [0.05, 0.1) is 6.04 Å². The first-order valence-corrected chi connectivity index (χ1v) is 9.01. The summed E-state index contributed by atoms with van der Waals surface area (Å²) < 4.78 is 0. The van der Waals surface area contributed by atoms with E-state index < -0.39 is 0 Å². The molecule has 1 N–H and O–H groups in total. The van der Waals surface area contributed by atoms with Crippen LogP contribution in [0.3, 0.4) is 0 Å². The molecule has 1 aliphatic carbocycles. The highest BCUT2D eigenvalue weighted by atomic mass is 32.1. The Balaban J connectivity index is 1.92. The van der Waals surface area contributed by atoms with Gasteiger partial charge in [-0.05, 0) is 74.4 Å². The monoisotopic (exact) mass is 299 g/mol. The zero-order valence-corrected chi connectivity index (χ0v) is 13.9. The molecule has 1 aromatic heterocycles. The van der Waals surface area contributed by atoms with E-state index in [0.29, 0.717) is 6.04 Å². The van der Waals surface area contributed by atoms with Gasteiger partial charge in [-0.1, -0.05) is 25.1 Å². The van der Waals surface area contributed by atoms with Gasteiger partial charge in [-0.2, -0.15) is 0 Å². The lowest BCUT2D eigenvalue weighted by atomic mass is 9.89. The Labute approximate surface area is 132 Å². The minimum atomic E-state index is 0.357. The summed E-state index contributed by atoms with van der Waals surface area (Å²) in [6, 6.07) is 12.0. The Kier molecular flexibility index (Phi) is 4.77. The molecule has 1 nitrogen and oxygen atoms in total. The van der Waals surface area contributed by atoms with E-state index in [2.05, 4.69) is 49.5 Å². The summed E-state index contributed by atoms with van der Waals surface area (Å²) in [5, 5.41) is 3.73. The zero-order valence-electron chi connectivity index (χ0n) is 13.1. The van der Waals surface area contributed by atoms with Gasteiger partial charge < -0.3 is 5.32 Å². The van der Waals surface area contributed by atoms with Crippen molar-refractivity contribution in [3.8, 4) is 0 Å². The van der Waals surface area contributed by atoms with Gasteiger partial charge >= 0.3 is 0 Å². The number of fused-ring (bicyclic) bond motifs is 1. The molecular formula is C19H25NS. The summed E-state index contributed by atoms with van der Waals surface area (Å²) in [4.78, 5) is 2.84. The molecule has 0 saturated carbocycles. The van der Waals surface area contributed by atoms with Crippen molar-refractivity contribution in [2.45, 2.75) is 52.0 Å². The van der Waals surface area contributed by atoms with Crippen molar-refractivity contribution in [3.63, 3.8) is 0 Å². The zero-order chi connectivity index (χ0) is 14.7. The van der Waals surface area contributed by atoms with E-state index in [0.717, 1.165) is 6.54 Å². The molecule has 0 saturated heterocycles. The van der Waals surface area contributed by atoms with Crippen molar-refractivity contribution in [2.24, 2.45) is 0 Å². The SMILES string of the molecule is CCCNC(c1ccc2c(c1)CCCC2)c1ccc(C)s1. The van der Waals surface area contributed by atoms with Crippen molar-refractivity contribution in [1.82, 2.24) is 5.32 Å². The van der Waals surface area contributed by atoms with Crippen LogP contribution in [-0.2, 0) is 12.8 Å². The van der Waals surface area contributed by atoms with E-state index in [1.807, 2.05) is 11.3 Å². The van der Waals surface area contributed by atoms with E-state index in [4.69, 9.17) is 0 Å². The van der Waals surface area contributed by atoms with Gasteiger partial charge in [0.25, 0.3) is 0 Å². The van der Waals surface area contributed by atoms with Crippen molar-refractivity contribution >= 4 is 11.3 Å². The van der Waals surface area contributed by atoms with Gasteiger partial charge in [-0.15, -0.1) is 11.3 Å². The van der Waals surface area contributed by atoms with E-state index in [1.54, 1.807) is 11.1 Å². The number of benzene rings is 1. The molecule has 0 aliphatic heterocycles. The molecule has 0 radical (unpaired) electrons. The second-order valence-electron chi connectivity index (χ2n) is 6.07. The normalized spacial score (nSPS) is 15.7. The maximum Gasteiger partial charge on any atom is 0.0671 e. The first-order valence-electron chi connectivity index (χ1n) is 8.19. The molecule has 1 aliphatic rings. The fourth-order valence-corrected chi connectivity index (χ4v) is 4.19. The van der Waals surface area contributed by atoms with Crippen molar-refractivity contribution in [1.29, 1.82) is 0 Å². The number of hydrogen-bond acceptors (Lipinski definition) is 2. The molecular weight excluding hydrogens is 274 g/mol. The Morgan fingerprint density at radius 2 is 1.90 bits per heavy atom. The molecule has 1 unspecified atom stereocenters. The first kappa shape index (κ1) is 14.8. The molecule has 1 atom stereocenters. The molecule has 0 bridgehead atoms. The van der Waals surface area contributed by atoms with Gasteiger partial charge in [-0.3, -0.25) is 0 Å². The average Bonchev–Trinajstić information content (AvgIpc) is 2.94. The summed E-state index contributed by atoms with van der Waals surface area (Å²) in [5.41, 5.74) is 4.59. The summed E-state index contributed by atoms with van der Waals surface area (Å²) in [6.07, 6.45) is 6.40. The van der Waals surface area contributed by atoms with Crippen molar-refractivity contribution in [3.05, 3.63) is 56.8 Å². The van der Waals surface area contributed by atoms with Crippen LogP contribution in [0.1, 0.15) is 58.7 Å². The van der Waals surface area contributed by atoms with Crippen molar-refractivity contribution < 1.29 is 0 Å². The highest BCUT2D eigenvalue weighted by Gasteiger charge is 2.17. The summed E-state index contributed by atoms with van der Waals surface area (Å²) >= 11 is 1.92. The van der Waals surface area contributed by atoms with Crippen molar-refractivity contribution in [2.75, 3.05) is 6.54 Å². The van der Waals surface area contributed by atoms with Crippen LogP contribution in [0.15, 0.2) is 30.3 Å². The largest absolute Gasteiger partial charge is 0.306 e. The lowest BCUT2D eigenvalue weighted by Crippen LogP contribution is -2.22. The fraction of sp³-hybridized carbons (Fsp3) is 0.474.